The van der Waals surface area contributed by atoms with E-state index in [1.165, 1.54) is 4.90 Å². The van der Waals surface area contributed by atoms with E-state index in [0.717, 1.165) is 17.5 Å². The first-order valence-corrected chi connectivity index (χ1v) is 5.78. The molecule has 1 unspecified atom stereocenters. The monoisotopic (exact) mass is 223 g/mol. The number of rotatable bonds is 1. The Labute approximate surface area is 80.5 Å². The van der Waals surface area contributed by atoms with Crippen LogP contribution in [0.25, 0.3) is 0 Å². The van der Waals surface area contributed by atoms with Gasteiger partial charge in [0.1, 0.15) is 0 Å². The third-order valence-electron chi connectivity index (χ3n) is 1.73. The average Bonchev–Trinajstić information content (AvgIpc) is 2.30. The fraction of sp³-hybridized carbons (Fsp3) is 0.500. The summed E-state index contributed by atoms with van der Waals surface area (Å²) in [6.45, 7) is 1.75. The van der Waals surface area contributed by atoms with Crippen molar-refractivity contribution in [3.63, 3.8) is 0 Å². The minimum Gasteiger partial charge on any atom is -0.358 e. The lowest BCUT2D eigenvalue weighted by Crippen LogP contribution is -2.35. The summed E-state index contributed by atoms with van der Waals surface area (Å²) in [7, 11) is -2.98. The maximum atomic E-state index is 11.1. The zero-order valence-corrected chi connectivity index (χ0v) is 8.72. The molecule has 0 fully saturated rings. The third-order valence-corrected chi connectivity index (χ3v) is 3.88. The van der Waals surface area contributed by atoms with Crippen LogP contribution in [0.4, 0.5) is 0 Å². The number of carbonyl (C=O) groups excluding carboxylic acids is 1. The lowest BCUT2D eigenvalue weighted by Gasteiger charge is -2.19. The van der Waals surface area contributed by atoms with Gasteiger partial charge in [-0.2, -0.15) is 8.42 Å². The van der Waals surface area contributed by atoms with Crippen LogP contribution in [0.1, 0.15) is 6.92 Å². The van der Waals surface area contributed by atoms with Crippen molar-refractivity contribution in [1.29, 1.82) is 0 Å². The zero-order chi connectivity index (χ0) is 10.2. The minimum absolute atomic E-state index is 0.798. The zero-order valence-electron chi connectivity index (χ0n) is 7.09. The first kappa shape index (κ1) is 10.6. The van der Waals surface area contributed by atoms with Crippen LogP contribution in [-0.2, 0) is 14.9 Å². The van der Waals surface area contributed by atoms with Crippen molar-refractivity contribution in [2.45, 2.75) is 12.3 Å². The van der Waals surface area contributed by atoms with E-state index in [-0.39, 0.29) is 0 Å². The van der Waals surface area contributed by atoms with Gasteiger partial charge in [0.15, 0.2) is 5.37 Å². The Kier molecular flexibility index (Phi) is 2.69. The topological polar surface area (TPSA) is 74.7 Å². The summed E-state index contributed by atoms with van der Waals surface area (Å²) in [6.07, 6.45) is 0. The molecule has 0 spiro atoms. The van der Waals surface area contributed by atoms with Gasteiger partial charge in [-0.15, -0.1) is 0 Å². The third kappa shape index (κ3) is 2.04. The molecule has 1 aliphatic heterocycles. The van der Waals surface area contributed by atoms with Crippen molar-refractivity contribution in [1.82, 2.24) is 4.90 Å². The van der Waals surface area contributed by atoms with Gasteiger partial charge in [0.2, 0.25) is 0 Å². The quantitative estimate of drug-likeness (QED) is 0.643. The molecule has 0 bridgehead atoms. The van der Waals surface area contributed by atoms with Crippen LogP contribution < -0.4 is 0 Å². The van der Waals surface area contributed by atoms with Gasteiger partial charge >= 0.3 is 15.2 Å². The molecule has 0 radical (unpaired) electrons. The normalized spacial score (nSPS) is 23.2. The molecule has 0 aliphatic carbocycles. The van der Waals surface area contributed by atoms with Crippen molar-refractivity contribution in [3.05, 3.63) is 11.1 Å². The molecule has 1 aliphatic rings. The van der Waals surface area contributed by atoms with Gasteiger partial charge in [0.05, 0.1) is 0 Å². The maximum Gasteiger partial charge on any atom is 0.331 e. The van der Waals surface area contributed by atoms with Gasteiger partial charge < -0.3 is 4.90 Å². The van der Waals surface area contributed by atoms with Gasteiger partial charge in [-0.3, -0.25) is 9.35 Å². The highest BCUT2D eigenvalue weighted by molar-refractivity contribution is 8.08. The second-order valence-electron chi connectivity index (χ2n) is 2.65. The van der Waals surface area contributed by atoms with E-state index in [1.807, 2.05) is 0 Å². The summed E-state index contributed by atoms with van der Waals surface area (Å²) < 4.78 is 29.5. The first-order valence-electron chi connectivity index (χ1n) is 3.40. The smallest absolute Gasteiger partial charge is 0.331 e. The molecule has 5 nitrogen and oxygen atoms in total. The van der Waals surface area contributed by atoms with Crippen LogP contribution in [0.2, 0.25) is 0 Å². The molecule has 74 valence electrons. The molecular weight excluding hydrogens is 214 g/mol. The molecule has 0 aromatic carbocycles. The number of carbonyl (C=O) groups is 1. The molecule has 0 saturated carbocycles. The Hall–Kier alpha value is -0.530. The van der Waals surface area contributed by atoms with E-state index < -0.39 is 20.6 Å². The van der Waals surface area contributed by atoms with Gasteiger partial charge in [-0.05, 0) is 12.3 Å². The molecule has 13 heavy (non-hydrogen) atoms. The van der Waals surface area contributed by atoms with Crippen molar-refractivity contribution in [2.75, 3.05) is 7.05 Å². The molecule has 1 heterocycles. The summed E-state index contributed by atoms with van der Waals surface area (Å²) in [5.74, 6) is 0. The largest absolute Gasteiger partial charge is 0.358 e. The van der Waals surface area contributed by atoms with E-state index in [0.29, 0.717) is 0 Å². The molecule has 0 saturated heterocycles. The lowest BCUT2D eigenvalue weighted by atomic mass is 10.5. The summed E-state index contributed by atoms with van der Waals surface area (Å²) in [4.78, 5) is 12.6. The highest BCUT2D eigenvalue weighted by atomic mass is 32.2. The SMILES string of the molecule is CC1=CSC(C(=O)S(=O)(=O)O)N1C. The number of allylic oxidation sites excluding steroid dienone is 1. The summed E-state index contributed by atoms with van der Waals surface area (Å²) >= 11 is 1.07. The van der Waals surface area contributed by atoms with Gasteiger partial charge in [-0.1, -0.05) is 11.8 Å². The second kappa shape index (κ2) is 3.32. The van der Waals surface area contributed by atoms with Gasteiger partial charge in [-0.25, -0.2) is 0 Å². The molecule has 1 N–H and O–H groups in total. The number of nitrogens with zero attached hydrogens (tertiary/aromatic N) is 1. The van der Waals surface area contributed by atoms with Gasteiger partial charge in [0, 0.05) is 12.7 Å². The predicted molar refractivity (Wildman–Crippen MR) is 49.5 cm³/mol. The minimum atomic E-state index is -4.58. The lowest BCUT2D eigenvalue weighted by molar-refractivity contribution is -0.113. The number of hydrogen-bond acceptors (Lipinski definition) is 5. The Morgan fingerprint density at radius 2 is 2.23 bits per heavy atom. The van der Waals surface area contributed by atoms with Crippen LogP contribution in [0.15, 0.2) is 11.1 Å². The Balaban J connectivity index is 2.85. The summed E-state index contributed by atoms with van der Waals surface area (Å²) in [6, 6.07) is 0. The Morgan fingerprint density at radius 1 is 1.69 bits per heavy atom. The van der Waals surface area contributed by atoms with Gasteiger partial charge in [0.25, 0.3) is 0 Å². The molecule has 7 heteroatoms. The van der Waals surface area contributed by atoms with Crippen LogP contribution in [0.3, 0.4) is 0 Å². The van der Waals surface area contributed by atoms with Crippen LogP contribution in [-0.4, -0.2) is 35.4 Å². The van der Waals surface area contributed by atoms with E-state index in [1.54, 1.807) is 19.4 Å². The van der Waals surface area contributed by atoms with E-state index in [4.69, 9.17) is 4.55 Å². The van der Waals surface area contributed by atoms with Crippen molar-refractivity contribution >= 4 is 27.0 Å². The highest BCUT2D eigenvalue weighted by Gasteiger charge is 2.35. The molecule has 1 atom stereocenters. The number of hydrogen-bond donors (Lipinski definition) is 1. The summed E-state index contributed by atoms with van der Waals surface area (Å²) in [5, 5.41) is -0.351. The van der Waals surface area contributed by atoms with Crippen molar-refractivity contribution in [3.8, 4) is 0 Å². The maximum absolute atomic E-state index is 11.1. The standard InChI is InChI=1S/C6H9NO4S2/c1-4-3-12-5(7(4)2)6(8)13(9,10)11/h3,5H,1-2H3,(H,9,10,11). The van der Waals surface area contributed by atoms with Crippen molar-refractivity contribution in [2.24, 2.45) is 0 Å². The van der Waals surface area contributed by atoms with Crippen molar-refractivity contribution < 1.29 is 17.8 Å². The molecule has 1 rings (SSSR count). The first-order chi connectivity index (χ1) is 5.84. The van der Waals surface area contributed by atoms with E-state index >= 15 is 0 Å². The van der Waals surface area contributed by atoms with Crippen LogP contribution >= 0.6 is 11.8 Å². The highest BCUT2D eigenvalue weighted by Crippen LogP contribution is 2.30. The average molecular weight is 223 g/mol. The fourth-order valence-electron chi connectivity index (χ4n) is 0.863. The Bertz CT molecular complexity index is 359. The van der Waals surface area contributed by atoms with E-state index in [9.17, 15) is 13.2 Å². The van der Waals surface area contributed by atoms with Crippen LogP contribution in [0, 0.1) is 0 Å². The molecule has 0 amide bonds. The fourth-order valence-corrected chi connectivity index (χ4v) is 2.76. The molecule has 0 aromatic rings. The van der Waals surface area contributed by atoms with Crippen LogP contribution in [0.5, 0.6) is 0 Å². The summed E-state index contributed by atoms with van der Waals surface area (Å²) in [5.41, 5.74) is 0.798. The molecule has 0 aromatic heterocycles. The second-order valence-corrected chi connectivity index (χ2v) is 4.96. The molecular formula is C6H9NO4S2. The van der Waals surface area contributed by atoms with E-state index in [2.05, 4.69) is 0 Å². The predicted octanol–water partition coefficient (Wildman–Crippen LogP) is 0.267. The Morgan fingerprint density at radius 3 is 2.54 bits per heavy atom. The number of thioether (sulfide) groups is 1. The number of likely N-dealkylation sites (N-methyl/N-ethyl adjacent to an activating group) is 1.